The molecule has 0 spiro atoms. The summed E-state index contributed by atoms with van der Waals surface area (Å²) in [5.41, 5.74) is 1.77. The number of carbonyl (C=O) groups is 1. The highest BCUT2D eigenvalue weighted by Crippen LogP contribution is 2.18. The molecule has 1 atom stereocenters. The van der Waals surface area contributed by atoms with Crippen molar-refractivity contribution in [3.8, 4) is 0 Å². The van der Waals surface area contributed by atoms with Crippen molar-refractivity contribution in [2.45, 2.75) is 37.1 Å². The smallest absolute Gasteiger partial charge is 0.322 e. The molecule has 0 fully saturated rings. The van der Waals surface area contributed by atoms with Crippen LogP contribution in [-0.2, 0) is 21.2 Å². The summed E-state index contributed by atoms with van der Waals surface area (Å²) in [5, 5.41) is 9.33. The molecule has 5 nitrogen and oxygen atoms in total. The molecule has 24 heavy (non-hydrogen) atoms. The van der Waals surface area contributed by atoms with E-state index >= 15 is 0 Å². The molecule has 6 heteroatoms. The summed E-state index contributed by atoms with van der Waals surface area (Å²) >= 11 is 0. The molecule has 0 bridgehead atoms. The normalized spacial score (nSPS) is 13.0. The molecule has 0 heterocycles. The van der Waals surface area contributed by atoms with Gasteiger partial charge in [-0.25, -0.2) is 8.42 Å². The number of hydrogen-bond donors (Lipinski definition) is 2. The summed E-state index contributed by atoms with van der Waals surface area (Å²) in [6.07, 6.45) is 0.0828. The minimum Gasteiger partial charge on any atom is -0.480 e. The number of nitrogens with one attached hydrogen (secondary N) is 1. The molecule has 2 aromatic carbocycles. The van der Waals surface area contributed by atoms with Crippen LogP contribution in [0.2, 0.25) is 0 Å². The van der Waals surface area contributed by atoms with Gasteiger partial charge in [0.2, 0.25) is 10.0 Å². The van der Waals surface area contributed by atoms with Crippen LogP contribution in [0.5, 0.6) is 0 Å². The Morgan fingerprint density at radius 2 is 1.62 bits per heavy atom. The molecule has 0 aliphatic carbocycles. The summed E-state index contributed by atoms with van der Waals surface area (Å²) in [4.78, 5) is 11.5. The lowest BCUT2D eigenvalue weighted by molar-refractivity contribution is -0.138. The average molecular weight is 347 g/mol. The molecule has 0 saturated carbocycles. The summed E-state index contributed by atoms with van der Waals surface area (Å²) in [6.45, 7) is 4.03. The molecule has 0 saturated heterocycles. The molecule has 0 radical (unpaired) electrons. The fourth-order valence-electron chi connectivity index (χ4n) is 2.32. The first-order valence-electron chi connectivity index (χ1n) is 7.68. The average Bonchev–Trinajstić information content (AvgIpc) is 2.55. The highest BCUT2D eigenvalue weighted by Gasteiger charge is 2.25. The third-order valence-corrected chi connectivity index (χ3v) is 5.22. The topological polar surface area (TPSA) is 83.5 Å². The van der Waals surface area contributed by atoms with Crippen molar-refractivity contribution >= 4 is 16.0 Å². The van der Waals surface area contributed by atoms with Crippen LogP contribution in [0.15, 0.2) is 59.5 Å². The Morgan fingerprint density at radius 3 is 2.12 bits per heavy atom. The number of carboxylic acids is 1. The van der Waals surface area contributed by atoms with Gasteiger partial charge >= 0.3 is 5.97 Å². The van der Waals surface area contributed by atoms with Crippen molar-refractivity contribution in [3.05, 3.63) is 65.7 Å². The highest BCUT2D eigenvalue weighted by atomic mass is 32.2. The molecule has 0 aliphatic rings. The molecule has 0 aliphatic heterocycles. The van der Waals surface area contributed by atoms with Crippen molar-refractivity contribution in [2.75, 3.05) is 0 Å². The zero-order valence-corrected chi connectivity index (χ0v) is 14.5. The zero-order valence-electron chi connectivity index (χ0n) is 13.6. The second-order valence-corrected chi connectivity index (χ2v) is 7.64. The Balaban J connectivity index is 2.19. The largest absolute Gasteiger partial charge is 0.480 e. The maximum atomic E-state index is 12.4. The second-order valence-electron chi connectivity index (χ2n) is 5.93. The van der Waals surface area contributed by atoms with Crippen molar-refractivity contribution in [3.63, 3.8) is 0 Å². The van der Waals surface area contributed by atoms with E-state index in [2.05, 4.69) is 4.72 Å². The molecule has 2 aromatic rings. The fraction of sp³-hybridized carbons (Fsp3) is 0.278. The lowest BCUT2D eigenvalue weighted by Crippen LogP contribution is -2.42. The van der Waals surface area contributed by atoms with Crippen molar-refractivity contribution in [1.82, 2.24) is 4.72 Å². The molecule has 0 unspecified atom stereocenters. The van der Waals surface area contributed by atoms with Crippen LogP contribution < -0.4 is 4.72 Å². The first kappa shape index (κ1) is 18.2. The lowest BCUT2D eigenvalue weighted by atomic mass is 10.0. The van der Waals surface area contributed by atoms with Gasteiger partial charge in [-0.3, -0.25) is 4.79 Å². The minimum absolute atomic E-state index is 0.0613. The van der Waals surface area contributed by atoms with Gasteiger partial charge in [-0.15, -0.1) is 0 Å². The van der Waals surface area contributed by atoms with Crippen LogP contribution in [0.3, 0.4) is 0 Å². The summed E-state index contributed by atoms with van der Waals surface area (Å²) < 4.78 is 27.2. The van der Waals surface area contributed by atoms with Gasteiger partial charge in [-0.1, -0.05) is 56.3 Å². The zero-order chi connectivity index (χ0) is 17.7. The van der Waals surface area contributed by atoms with E-state index < -0.39 is 22.0 Å². The molecule has 0 aromatic heterocycles. The maximum absolute atomic E-state index is 12.4. The Labute approximate surface area is 142 Å². The molecular weight excluding hydrogens is 326 g/mol. The Bertz CT molecular complexity index is 784. The lowest BCUT2D eigenvalue weighted by Gasteiger charge is -2.15. The van der Waals surface area contributed by atoms with E-state index in [9.17, 15) is 18.3 Å². The maximum Gasteiger partial charge on any atom is 0.322 e. The molecule has 2 N–H and O–H groups in total. The summed E-state index contributed by atoms with van der Waals surface area (Å²) in [6, 6.07) is 14.2. The molecule has 2 rings (SSSR count). The summed E-state index contributed by atoms with van der Waals surface area (Å²) in [7, 11) is -3.90. The van der Waals surface area contributed by atoms with Crippen molar-refractivity contribution in [1.29, 1.82) is 0 Å². The third-order valence-electron chi connectivity index (χ3n) is 3.74. The van der Waals surface area contributed by atoms with Gasteiger partial charge in [0.1, 0.15) is 6.04 Å². The first-order valence-corrected chi connectivity index (χ1v) is 9.17. The number of carboxylic acid groups (broad SMARTS) is 1. The van der Waals surface area contributed by atoms with Gasteiger partial charge in [0.25, 0.3) is 0 Å². The quantitative estimate of drug-likeness (QED) is 0.807. The molecular formula is C18H21NO4S. The van der Waals surface area contributed by atoms with E-state index in [1.807, 2.05) is 19.9 Å². The highest BCUT2D eigenvalue weighted by molar-refractivity contribution is 7.89. The van der Waals surface area contributed by atoms with E-state index in [1.165, 1.54) is 12.1 Å². The van der Waals surface area contributed by atoms with E-state index in [0.29, 0.717) is 5.92 Å². The number of benzene rings is 2. The van der Waals surface area contributed by atoms with Gasteiger partial charge in [-0.2, -0.15) is 4.72 Å². The number of aliphatic carboxylic acids is 1. The van der Waals surface area contributed by atoms with Gasteiger partial charge in [-0.05, 0) is 35.6 Å². The molecule has 128 valence electrons. The first-order chi connectivity index (χ1) is 11.3. The van der Waals surface area contributed by atoms with Crippen LogP contribution in [-0.4, -0.2) is 25.5 Å². The fourth-order valence-corrected chi connectivity index (χ4v) is 3.51. The van der Waals surface area contributed by atoms with Gasteiger partial charge in [0.05, 0.1) is 4.90 Å². The van der Waals surface area contributed by atoms with Crippen molar-refractivity contribution in [2.24, 2.45) is 0 Å². The monoisotopic (exact) mass is 347 g/mol. The second kappa shape index (κ2) is 7.59. The van der Waals surface area contributed by atoms with E-state index in [1.54, 1.807) is 36.4 Å². The van der Waals surface area contributed by atoms with E-state index in [4.69, 9.17) is 0 Å². The van der Waals surface area contributed by atoms with E-state index in [0.717, 1.165) is 11.1 Å². The van der Waals surface area contributed by atoms with Crippen LogP contribution in [0.25, 0.3) is 0 Å². The molecule has 0 amide bonds. The number of hydrogen-bond acceptors (Lipinski definition) is 3. The standard InChI is InChI=1S/C18H21NO4S/c1-13(2)15-8-10-16(11-9-15)24(22,23)19-17(18(20)21)12-14-6-4-3-5-7-14/h3-11,13,17,19H,12H2,1-2H3,(H,20,21)/t17-/m1/s1. The third kappa shape index (κ3) is 4.66. The Kier molecular flexibility index (Phi) is 5.75. The van der Waals surface area contributed by atoms with Gasteiger partial charge in [0.15, 0.2) is 0 Å². The Morgan fingerprint density at radius 1 is 1.04 bits per heavy atom. The van der Waals surface area contributed by atoms with Gasteiger partial charge in [0, 0.05) is 0 Å². The SMILES string of the molecule is CC(C)c1ccc(S(=O)(=O)N[C@H](Cc2ccccc2)C(=O)O)cc1. The van der Waals surface area contributed by atoms with Crippen molar-refractivity contribution < 1.29 is 18.3 Å². The number of sulfonamides is 1. The summed E-state index contributed by atoms with van der Waals surface area (Å²) in [5.74, 6) is -0.916. The van der Waals surface area contributed by atoms with E-state index in [-0.39, 0.29) is 11.3 Å². The van der Waals surface area contributed by atoms with Crippen LogP contribution in [0.1, 0.15) is 30.9 Å². The minimum atomic E-state index is -3.90. The van der Waals surface area contributed by atoms with Gasteiger partial charge < -0.3 is 5.11 Å². The number of rotatable bonds is 7. The van der Waals surface area contributed by atoms with Crippen LogP contribution >= 0.6 is 0 Å². The Hall–Kier alpha value is -2.18. The predicted molar refractivity (Wildman–Crippen MR) is 92.4 cm³/mol. The van der Waals surface area contributed by atoms with Crippen LogP contribution in [0, 0.1) is 0 Å². The predicted octanol–water partition coefficient (Wildman–Crippen LogP) is 2.78. The van der Waals surface area contributed by atoms with Crippen LogP contribution in [0.4, 0.5) is 0 Å².